The highest BCUT2D eigenvalue weighted by molar-refractivity contribution is 6.00. The number of amides is 4. The Labute approximate surface area is 168 Å². The molecule has 0 bridgehead atoms. The second kappa shape index (κ2) is 9.36. The Bertz CT molecular complexity index is 995. The van der Waals surface area contributed by atoms with Crippen molar-refractivity contribution in [3.05, 3.63) is 90.2 Å². The molecule has 3 N–H and O–H groups in total. The quantitative estimate of drug-likeness (QED) is 0.563. The molecule has 0 heterocycles. The predicted octanol–water partition coefficient (Wildman–Crippen LogP) is 5.13. The molecular formula is C22H21FN4O2. The minimum atomic E-state index is -0.386. The van der Waals surface area contributed by atoms with Crippen molar-refractivity contribution in [2.75, 3.05) is 23.0 Å². The van der Waals surface area contributed by atoms with Gasteiger partial charge in [0.2, 0.25) is 0 Å². The summed E-state index contributed by atoms with van der Waals surface area (Å²) in [5, 5.41) is 8.21. The lowest BCUT2D eigenvalue weighted by molar-refractivity contribution is 0.220. The van der Waals surface area contributed by atoms with Crippen LogP contribution in [0.1, 0.15) is 5.56 Å². The van der Waals surface area contributed by atoms with E-state index in [0.717, 1.165) is 0 Å². The molecule has 0 aliphatic heterocycles. The summed E-state index contributed by atoms with van der Waals surface area (Å²) in [4.78, 5) is 25.9. The Hall–Kier alpha value is -3.87. The van der Waals surface area contributed by atoms with Gasteiger partial charge in [0.1, 0.15) is 5.82 Å². The zero-order valence-electron chi connectivity index (χ0n) is 15.9. The van der Waals surface area contributed by atoms with E-state index in [2.05, 4.69) is 16.0 Å². The first-order chi connectivity index (χ1) is 14.0. The number of hydrogen-bond donors (Lipinski definition) is 3. The Balaban J connectivity index is 1.57. The van der Waals surface area contributed by atoms with E-state index in [1.807, 2.05) is 18.2 Å². The van der Waals surface area contributed by atoms with Gasteiger partial charge in [0, 0.05) is 30.7 Å². The molecule has 0 saturated heterocycles. The summed E-state index contributed by atoms with van der Waals surface area (Å²) in [5.74, 6) is -0.344. The normalized spacial score (nSPS) is 10.1. The number of hydrogen-bond acceptors (Lipinski definition) is 2. The Kier molecular flexibility index (Phi) is 6.42. The van der Waals surface area contributed by atoms with Gasteiger partial charge < -0.3 is 20.9 Å². The van der Waals surface area contributed by atoms with Crippen molar-refractivity contribution < 1.29 is 14.0 Å². The van der Waals surface area contributed by atoms with Gasteiger partial charge in [-0.15, -0.1) is 0 Å². The summed E-state index contributed by atoms with van der Waals surface area (Å²) < 4.78 is 13.3. The lowest BCUT2D eigenvalue weighted by Crippen LogP contribution is -2.30. The van der Waals surface area contributed by atoms with Gasteiger partial charge in [0.05, 0.1) is 0 Å². The monoisotopic (exact) mass is 392 g/mol. The number of rotatable bonds is 5. The van der Waals surface area contributed by atoms with Crippen LogP contribution in [0.25, 0.3) is 0 Å². The van der Waals surface area contributed by atoms with Crippen LogP contribution in [0.15, 0.2) is 78.9 Å². The number of para-hydroxylation sites is 1. The van der Waals surface area contributed by atoms with Crippen LogP contribution in [0, 0.1) is 5.82 Å². The summed E-state index contributed by atoms with van der Waals surface area (Å²) in [5.41, 5.74) is 2.42. The third-order valence-corrected chi connectivity index (χ3v) is 4.06. The predicted molar refractivity (Wildman–Crippen MR) is 112 cm³/mol. The maximum absolute atomic E-state index is 13.3. The van der Waals surface area contributed by atoms with Crippen LogP contribution in [0.3, 0.4) is 0 Å². The summed E-state index contributed by atoms with van der Waals surface area (Å²) in [6.07, 6.45) is 0. The molecule has 6 nitrogen and oxygen atoms in total. The molecule has 0 unspecified atom stereocenters. The molecule has 4 amide bonds. The SMILES string of the molecule is CN(Cc1cccc(F)c1)C(=O)Nc1cccc(NC(=O)Nc2ccccc2)c1. The van der Waals surface area contributed by atoms with E-state index in [4.69, 9.17) is 0 Å². The van der Waals surface area contributed by atoms with Crippen LogP contribution >= 0.6 is 0 Å². The highest BCUT2D eigenvalue weighted by atomic mass is 19.1. The van der Waals surface area contributed by atoms with Gasteiger partial charge in [0.25, 0.3) is 0 Å². The third kappa shape index (κ3) is 6.07. The molecule has 148 valence electrons. The molecule has 0 radical (unpaired) electrons. The highest BCUT2D eigenvalue weighted by Gasteiger charge is 2.11. The zero-order valence-corrected chi connectivity index (χ0v) is 15.9. The maximum atomic E-state index is 13.3. The molecule has 0 aliphatic carbocycles. The Morgan fingerprint density at radius 3 is 2.14 bits per heavy atom. The fourth-order valence-corrected chi connectivity index (χ4v) is 2.69. The van der Waals surface area contributed by atoms with E-state index >= 15 is 0 Å². The zero-order chi connectivity index (χ0) is 20.6. The van der Waals surface area contributed by atoms with Crippen molar-refractivity contribution in [2.45, 2.75) is 6.54 Å². The largest absolute Gasteiger partial charge is 0.323 e. The van der Waals surface area contributed by atoms with Crippen molar-refractivity contribution in [2.24, 2.45) is 0 Å². The lowest BCUT2D eigenvalue weighted by atomic mass is 10.2. The van der Waals surface area contributed by atoms with Crippen LogP contribution in [-0.4, -0.2) is 24.0 Å². The lowest BCUT2D eigenvalue weighted by Gasteiger charge is -2.18. The van der Waals surface area contributed by atoms with E-state index in [1.54, 1.807) is 55.6 Å². The van der Waals surface area contributed by atoms with E-state index in [-0.39, 0.29) is 24.4 Å². The first-order valence-electron chi connectivity index (χ1n) is 8.99. The van der Waals surface area contributed by atoms with E-state index < -0.39 is 0 Å². The van der Waals surface area contributed by atoms with Gasteiger partial charge in [-0.2, -0.15) is 0 Å². The number of carbonyl (C=O) groups excluding carboxylic acids is 2. The van der Waals surface area contributed by atoms with Crippen LogP contribution in [0.4, 0.5) is 31.0 Å². The molecule has 3 rings (SSSR count). The van der Waals surface area contributed by atoms with E-state index in [1.165, 1.54) is 17.0 Å². The second-order valence-electron chi connectivity index (χ2n) is 6.44. The molecule has 3 aromatic rings. The van der Waals surface area contributed by atoms with Crippen molar-refractivity contribution in [1.82, 2.24) is 4.90 Å². The number of anilines is 3. The molecular weight excluding hydrogens is 371 g/mol. The third-order valence-electron chi connectivity index (χ3n) is 4.06. The minimum absolute atomic E-state index is 0.265. The van der Waals surface area contributed by atoms with Crippen molar-refractivity contribution >= 4 is 29.1 Å². The van der Waals surface area contributed by atoms with Gasteiger partial charge in [-0.3, -0.25) is 0 Å². The van der Waals surface area contributed by atoms with Crippen molar-refractivity contribution in [3.63, 3.8) is 0 Å². The molecule has 3 aromatic carbocycles. The van der Waals surface area contributed by atoms with Crippen LogP contribution in [0.5, 0.6) is 0 Å². The molecule has 0 atom stereocenters. The Morgan fingerprint density at radius 1 is 0.793 bits per heavy atom. The first kappa shape index (κ1) is 19.9. The van der Waals surface area contributed by atoms with Gasteiger partial charge in [-0.05, 0) is 48.0 Å². The summed E-state index contributed by atoms with van der Waals surface area (Å²) in [6.45, 7) is 0.265. The molecule has 0 saturated carbocycles. The maximum Gasteiger partial charge on any atom is 0.323 e. The van der Waals surface area contributed by atoms with Crippen LogP contribution in [-0.2, 0) is 6.54 Å². The first-order valence-corrected chi connectivity index (χ1v) is 8.99. The Morgan fingerprint density at radius 2 is 1.41 bits per heavy atom. The van der Waals surface area contributed by atoms with Crippen molar-refractivity contribution in [3.8, 4) is 0 Å². The second-order valence-corrected chi connectivity index (χ2v) is 6.44. The van der Waals surface area contributed by atoms with Gasteiger partial charge in [0.15, 0.2) is 0 Å². The molecule has 0 aromatic heterocycles. The summed E-state index contributed by atoms with van der Waals surface area (Å²) >= 11 is 0. The minimum Gasteiger partial charge on any atom is -0.323 e. The number of halogens is 1. The highest BCUT2D eigenvalue weighted by Crippen LogP contribution is 2.17. The summed E-state index contributed by atoms with van der Waals surface area (Å²) in [6, 6.07) is 21.3. The topological polar surface area (TPSA) is 73.5 Å². The average Bonchev–Trinajstić information content (AvgIpc) is 2.69. The average molecular weight is 392 g/mol. The number of benzene rings is 3. The molecule has 7 heteroatoms. The number of nitrogens with zero attached hydrogens (tertiary/aromatic N) is 1. The summed E-state index contributed by atoms with van der Waals surface area (Å²) in [7, 11) is 1.62. The van der Waals surface area contributed by atoms with Crippen LogP contribution in [0.2, 0.25) is 0 Å². The molecule has 29 heavy (non-hydrogen) atoms. The molecule has 0 spiro atoms. The molecule has 0 aliphatic rings. The van der Waals surface area contributed by atoms with Gasteiger partial charge >= 0.3 is 12.1 Å². The number of carbonyl (C=O) groups is 2. The standard InChI is InChI=1S/C22H21FN4O2/c1-27(15-16-7-5-8-17(23)13-16)22(29)26-20-12-6-11-19(14-20)25-21(28)24-18-9-3-2-4-10-18/h2-14H,15H2,1H3,(H,26,29)(H2,24,25,28). The van der Waals surface area contributed by atoms with Gasteiger partial charge in [-0.25, -0.2) is 14.0 Å². The number of nitrogens with one attached hydrogen (secondary N) is 3. The fraction of sp³-hybridized carbons (Fsp3) is 0.0909. The van der Waals surface area contributed by atoms with E-state index in [0.29, 0.717) is 22.6 Å². The van der Waals surface area contributed by atoms with Crippen LogP contribution < -0.4 is 16.0 Å². The smallest absolute Gasteiger partial charge is 0.323 e. The van der Waals surface area contributed by atoms with Crippen molar-refractivity contribution in [1.29, 1.82) is 0 Å². The van der Waals surface area contributed by atoms with Gasteiger partial charge in [-0.1, -0.05) is 36.4 Å². The number of urea groups is 2. The van der Waals surface area contributed by atoms with E-state index in [9.17, 15) is 14.0 Å². The molecule has 0 fully saturated rings. The fourth-order valence-electron chi connectivity index (χ4n) is 2.69.